The Morgan fingerprint density at radius 1 is 1.11 bits per heavy atom. The molecule has 0 spiro atoms. The van der Waals surface area contributed by atoms with E-state index in [2.05, 4.69) is 0 Å². The summed E-state index contributed by atoms with van der Waals surface area (Å²) in [6.07, 6.45) is 0. The van der Waals surface area contributed by atoms with Crippen LogP contribution in [0, 0.1) is 17.1 Å². The Labute approximate surface area is 109 Å². The number of alkyl halides is 1. The molecule has 0 aliphatic rings. The molecule has 0 aromatic heterocycles. The minimum Gasteiger partial charge on any atom is -0.457 e. The van der Waals surface area contributed by atoms with Crippen molar-refractivity contribution in [2.75, 3.05) is 0 Å². The minimum absolute atomic E-state index is 0.365. The zero-order valence-electron chi connectivity index (χ0n) is 9.31. The van der Waals surface area contributed by atoms with Crippen LogP contribution < -0.4 is 4.74 Å². The molecule has 0 saturated carbocycles. The van der Waals surface area contributed by atoms with Crippen LogP contribution in [0.4, 0.5) is 4.39 Å². The van der Waals surface area contributed by atoms with E-state index < -0.39 is 5.38 Å². The summed E-state index contributed by atoms with van der Waals surface area (Å²) in [5.74, 6) is 0.546. The molecule has 0 aliphatic heterocycles. The van der Waals surface area contributed by atoms with Crippen molar-refractivity contribution in [3.05, 3.63) is 59.9 Å². The summed E-state index contributed by atoms with van der Waals surface area (Å²) in [6, 6.07) is 14.6. The average molecular weight is 262 g/mol. The molecular formula is C14H9ClFNO. The lowest BCUT2D eigenvalue weighted by molar-refractivity contribution is 0.476. The van der Waals surface area contributed by atoms with Crippen LogP contribution in [0.2, 0.25) is 0 Å². The topological polar surface area (TPSA) is 33.0 Å². The monoisotopic (exact) mass is 261 g/mol. The van der Waals surface area contributed by atoms with E-state index in [4.69, 9.17) is 21.6 Å². The van der Waals surface area contributed by atoms with Crippen molar-refractivity contribution in [1.82, 2.24) is 0 Å². The first-order valence-corrected chi connectivity index (χ1v) is 5.70. The molecule has 0 aliphatic carbocycles. The van der Waals surface area contributed by atoms with E-state index >= 15 is 0 Å². The Kier molecular flexibility index (Phi) is 3.81. The van der Waals surface area contributed by atoms with Gasteiger partial charge in [-0.3, -0.25) is 0 Å². The number of halogens is 2. The maximum absolute atomic E-state index is 13.0. The van der Waals surface area contributed by atoms with Gasteiger partial charge in [-0.15, -0.1) is 11.6 Å². The smallest absolute Gasteiger partial charge is 0.145 e. The van der Waals surface area contributed by atoms with Gasteiger partial charge in [0, 0.05) is 6.07 Å². The molecule has 2 aromatic carbocycles. The van der Waals surface area contributed by atoms with Crippen molar-refractivity contribution < 1.29 is 9.13 Å². The molecule has 0 saturated heterocycles. The van der Waals surface area contributed by atoms with Gasteiger partial charge in [-0.25, -0.2) is 4.39 Å². The van der Waals surface area contributed by atoms with E-state index in [1.54, 1.807) is 36.4 Å². The number of hydrogen-bond donors (Lipinski definition) is 0. The van der Waals surface area contributed by atoms with Crippen LogP contribution in [0.5, 0.6) is 11.5 Å². The van der Waals surface area contributed by atoms with Gasteiger partial charge in [0.25, 0.3) is 0 Å². The lowest BCUT2D eigenvalue weighted by Gasteiger charge is -2.07. The first-order chi connectivity index (χ1) is 8.69. The van der Waals surface area contributed by atoms with Crippen LogP contribution in [0.15, 0.2) is 48.5 Å². The van der Waals surface area contributed by atoms with E-state index in [1.165, 1.54) is 12.1 Å². The van der Waals surface area contributed by atoms with E-state index in [9.17, 15) is 4.39 Å². The van der Waals surface area contributed by atoms with E-state index in [0.29, 0.717) is 17.1 Å². The van der Waals surface area contributed by atoms with Gasteiger partial charge in [-0.2, -0.15) is 5.26 Å². The van der Waals surface area contributed by atoms with Gasteiger partial charge in [0.15, 0.2) is 0 Å². The van der Waals surface area contributed by atoms with Crippen molar-refractivity contribution in [3.8, 4) is 17.6 Å². The molecule has 2 aromatic rings. The average Bonchev–Trinajstić information content (AvgIpc) is 2.38. The van der Waals surface area contributed by atoms with Crippen molar-refractivity contribution in [1.29, 1.82) is 5.26 Å². The van der Waals surface area contributed by atoms with Crippen LogP contribution in [0.25, 0.3) is 0 Å². The van der Waals surface area contributed by atoms with Gasteiger partial charge in [0.2, 0.25) is 0 Å². The predicted molar refractivity (Wildman–Crippen MR) is 67.1 cm³/mol. The fourth-order valence-corrected chi connectivity index (χ4v) is 1.61. The zero-order valence-corrected chi connectivity index (χ0v) is 10.1. The molecule has 1 unspecified atom stereocenters. The highest BCUT2D eigenvalue weighted by molar-refractivity contribution is 6.22. The van der Waals surface area contributed by atoms with Gasteiger partial charge in [0.1, 0.15) is 22.7 Å². The molecule has 0 fully saturated rings. The van der Waals surface area contributed by atoms with Crippen molar-refractivity contribution in [2.24, 2.45) is 0 Å². The summed E-state index contributed by atoms with van der Waals surface area (Å²) in [4.78, 5) is 0. The van der Waals surface area contributed by atoms with Crippen molar-refractivity contribution in [3.63, 3.8) is 0 Å². The molecule has 1 atom stereocenters. The van der Waals surface area contributed by atoms with Gasteiger partial charge < -0.3 is 4.74 Å². The third-order valence-corrected chi connectivity index (χ3v) is 2.65. The fraction of sp³-hybridized carbons (Fsp3) is 0.0714. The zero-order chi connectivity index (χ0) is 13.0. The highest BCUT2D eigenvalue weighted by Gasteiger charge is 2.07. The molecule has 2 nitrogen and oxygen atoms in total. The van der Waals surface area contributed by atoms with Gasteiger partial charge in [0.05, 0.1) is 6.07 Å². The number of benzene rings is 2. The molecule has 0 amide bonds. The Hall–Kier alpha value is -2.05. The van der Waals surface area contributed by atoms with Crippen LogP contribution in [0.3, 0.4) is 0 Å². The summed E-state index contributed by atoms with van der Waals surface area (Å²) < 4.78 is 18.5. The Morgan fingerprint density at radius 3 is 2.44 bits per heavy atom. The largest absolute Gasteiger partial charge is 0.457 e. The molecule has 0 N–H and O–H groups in total. The summed E-state index contributed by atoms with van der Waals surface area (Å²) in [5.41, 5.74) is 0.646. The standard InChI is InChI=1S/C14H9ClFNO/c15-14(9-17)10-3-1-5-12(7-10)18-13-6-2-4-11(16)8-13/h1-8,14H. The van der Waals surface area contributed by atoms with Crippen LogP contribution in [-0.4, -0.2) is 0 Å². The highest BCUT2D eigenvalue weighted by Crippen LogP contribution is 2.27. The summed E-state index contributed by atoms with van der Waals surface area (Å²) in [7, 11) is 0. The molecule has 0 bridgehead atoms. The van der Waals surface area contributed by atoms with Gasteiger partial charge in [-0.1, -0.05) is 18.2 Å². The summed E-state index contributed by atoms with van der Waals surface area (Å²) in [6.45, 7) is 0. The fourth-order valence-electron chi connectivity index (χ4n) is 1.48. The first-order valence-electron chi connectivity index (χ1n) is 5.26. The van der Waals surface area contributed by atoms with Crippen molar-refractivity contribution in [2.45, 2.75) is 5.38 Å². The van der Waals surface area contributed by atoms with Crippen LogP contribution in [0.1, 0.15) is 10.9 Å². The molecule has 0 heterocycles. The number of nitriles is 1. The molecule has 18 heavy (non-hydrogen) atoms. The van der Waals surface area contributed by atoms with Crippen molar-refractivity contribution >= 4 is 11.6 Å². The second-order valence-electron chi connectivity index (χ2n) is 3.62. The minimum atomic E-state index is -0.721. The quantitative estimate of drug-likeness (QED) is 0.766. The lowest BCUT2D eigenvalue weighted by atomic mass is 10.1. The van der Waals surface area contributed by atoms with Crippen LogP contribution in [-0.2, 0) is 0 Å². The first kappa shape index (κ1) is 12.4. The third kappa shape index (κ3) is 2.99. The summed E-state index contributed by atoms with van der Waals surface area (Å²) >= 11 is 5.81. The number of ether oxygens (including phenoxy) is 1. The lowest BCUT2D eigenvalue weighted by Crippen LogP contribution is -1.89. The maximum atomic E-state index is 13.0. The summed E-state index contributed by atoms with van der Waals surface area (Å²) in [5, 5.41) is 8.01. The van der Waals surface area contributed by atoms with Crippen LogP contribution >= 0.6 is 11.6 Å². The van der Waals surface area contributed by atoms with Gasteiger partial charge >= 0.3 is 0 Å². The maximum Gasteiger partial charge on any atom is 0.145 e. The molecule has 0 radical (unpaired) electrons. The second-order valence-corrected chi connectivity index (χ2v) is 4.06. The second kappa shape index (κ2) is 5.52. The van der Waals surface area contributed by atoms with E-state index in [0.717, 1.165) is 0 Å². The van der Waals surface area contributed by atoms with E-state index in [1.807, 2.05) is 6.07 Å². The number of hydrogen-bond acceptors (Lipinski definition) is 2. The third-order valence-electron chi connectivity index (χ3n) is 2.30. The predicted octanol–water partition coefficient (Wildman–Crippen LogP) is 4.42. The molecular weight excluding hydrogens is 253 g/mol. The van der Waals surface area contributed by atoms with E-state index in [-0.39, 0.29) is 5.82 Å². The molecule has 4 heteroatoms. The Morgan fingerprint density at radius 2 is 1.78 bits per heavy atom. The Bertz CT molecular complexity index is 594. The number of rotatable bonds is 3. The highest BCUT2D eigenvalue weighted by atomic mass is 35.5. The van der Waals surface area contributed by atoms with Gasteiger partial charge in [-0.05, 0) is 29.8 Å². The molecule has 2 rings (SSSR count). The SMILES string of the molecule is N#CC(Cl)c1cccc(Oc2cccc(F)c2)c1. The Balaban J connectivity index is 2.22. The normalized spacial score (nSPS) is 11.6. The molecule has 90 valence electrons. The number of nitrogens with zero attached hydrogens (tertiary/aromatic N) is 1.